The van der Waals surface area contributed by atoms with Gasteiger partial charge in [-0.1, -0.05) is 24.3 Å². The maximum absolute atomic E-state index is 12.8. The van der Waals surface area contributed by atoms with Gasteiger partial charge in [-0.3, -0.25) is 14.8 Å². The topological polar surface area (TPSA) is 45.7 Å². The molecule has 4 fully saturated rings. The van der Waals surface area contributed by atoms with Gasteiger partial charge in [0.2, 0.25) is 0 Å². The Balaban J connectivity index is 1.33. The van der Waals surface area contributed by atoms with Gasteiger partial charge in [-0.2, -0.15) is 0 Å². The summed E-state index contributed by atoms with van der Waals surface area (Å²) in [5.74, 6) is 0.494. The van der Waals surface area contributed by atoms with Crippen molar-refractivity contribution in [2.24, 2.45) is 5.92 Å². The number of pyridine rings is 1. The quantitative estimate of drug-likeness (QED) is 0.650. The van der Waals surface area contributed by atoms with Gasteiger partial charge in [-0.25, -0.2) is 4.79 Å². The van der Waals surface area contributed by atoms with E-state index >= 15 is 0 Å². The highest BCUT2D eigenvalue weighted by Gasteiger charge is 2.55. The Morgan fingerprint density at radius 2 is 1.93 bits per heavy atom. The Labute approximate surface area is 167 Å². The summed E-state index contributed by atoms with van der Waals surface area (Å²) in [6, 6.07) is 14.4. The Kier molecular flexibility index (Phi) is 3.55. The number of carbonyl (C=O) groups excluding carboxylic acids is 1. The summed E-state index contributed by atoms with van der Waals surface area (Å²) in [6.45, 7) is 3.83. The molecule has 1 unspecified atom stereocenters. The minimum Gasteiger partial charge on any atom is -0.439 e. The van der Waals surface area contributed by atoms with E-state index in [1.165, 1.54) is 0 Å². The van der Waals surface area contributed by atoms with Crippen molar-refractivity contribution in [3.8, 4) is 10.4 Å². The van der Waals surface area contributed by atoms with Crippen molar-refractivity contribution in [3.63, 3.8) is 0 Å². The lowest BCUT2D eigenvalue weighted by molar-refractivity contribution is -0.0881. The number of thiophene rings is 1. The molecule has 0 saturated carbocycles. The van der Waals surface area contributed by atoms with Gasteiger partial charge in [0.15, 0.2) is 0 Å². The first-order valence-electron chi connectivity index (χ1n) is 9.89. The summed E-state index contributed by atoms with van der Waals surface area (Å²) < 4.78 is 6.02. The number of hydrogen-bond acceptors (Lipinski definition) is 5. The van der Waals surface area contributed by atoms with Gasteiger partial charge in [0, 0.05) is 34.5 Å². The lowest BCUT2D eigenvalue weighted by Gasteiger charge is -2.49. The summed E-state index contributed by atoms with van der Waals surface area (Å²) in [6.07, 6.45) is 3.91. The minimum atomic E-state index is -0.321. The van der Waals surface area contributed by atoms with Crippen LogP contribution in [-0.2, 0) is 4.74 Å². The molecule has 4 aliphatic rings. The van der Waals surface area contributed by atoms with Crippen molar-refractivity contribution in [3.05, 3.63) is 48.7 Å². The van der Waals surface area contributed by atoms with Crippen molar-refractivity contribution < 1.29 is 9.53 Å². The van der Waals surface area contributed by atoms with E-state index in [0.29, 0.717) is 12.5 Å². The van der Waals surface area contributed by atoms with Gasteiger partial charge >= 0.3 is 6.09 Å². The first-order chi connectivity index (χ1) is 13.7. The Hall–Kier alpha value is -2.44. The third-order valence-corrected chi connectivity index (χ3v) is 7.66. The number of ether oxygens (including phenoxy) is 1. The van der Waals surface area contributed by atoms with E-state index in [1.54, 1.807) is 11.3 Å². The first-order valence-corrected chi connectivity index (χ1v) is 10.7. The zero-order valence-electron chi connectivity index (χ0n) is 15.5. The number of rotatable bonds is 2. The standard InChI is InChI=1S/C22H21N3O2S/c26-21-25(14-22(27-21)13-24-11-8-16(22)9-12-24)19-7-6-18(28-19)17-5-1-3-15-4-2-10-23-20(15)17/h1-7,10,16H,8-9,11-14H2. The molecule has 6 heterocycles. The van der Waals surface area contributed by atoms with Crippen LogP contribution in [0.3, 0.4) is 0 Å². The molecule has 5 nitrogen and oxygen atoms in total. The number of benzene rings is 1. The summed E-state index contributed by atoms with van der Waals surface area (Å²) in [5, 5.41) is 2.09. The van der Waals surface area contributed by atoms with E-state index in [2.05, 4.69) is 40.2 Å². The molecule has 1 spiro atoms. The predicted molar refractivity (Wildman–Crippen MR) is 111 cm³/mol. The molecule has 4 aliphatic heterocycles. The Morgan fingerprint density at radius 3 is 2.75 bits per heavy atom. The molecular weight excluding hydrogens is 370 g/mol. The molecule has 2 aromatic heterocycles. The number of amides is 1. The molecule has 6 heteroatoms. The summed E-state index contributed by atoms with van der Waals surface area (Å²) in [7, 11) is 0. The molecule has 1 atom stereocenters. The third-order valence-electron chi connectivity index (χ3n) is 6.52. The van der Waals surface area contributed by atoms with Crippen LogP contribution in [0.5, 0.6) is 0 Å². The van der Waals surface area contributed by atoms with Crippen LogP contribution in [0.15, 0.2) is 48.7 Å². The fourth-order valence-electron chi connectivity index (χ4n) is 5.10. The molecule has 1 amide bonds. The average molecular weight is 391 g/mol. The summed E-state index contributed by atoms with van der Waals surface area (Å²) >= 11 is 1.64. The summed E-state index contributed by atoms with van der Waals surface area (Å²) in [5.41, 5.74) is 1.79. The zero-order valence-corrected chi connectivity index (χ0v) is 16.3. The van der Waals surface area contributed by atoms with E-state index in [-0.39, 0.29) is 11.7 Å². The molecule has 0 N–H and O–H groups in total. The van der Waals surface area contributed by atoms with Crippen molar-refractivity contribution in [2.45, 2.75) is 18.4 Å². The Bertz CT molecular complexity index is 1070. The number of aromatic nitrogens is 1. The van der Waals surface area contributed by atoms with E-state index in [1.807, 2.05) is 23.2 Å². The van der Waals surface area contributed by atoms with E-state index in [0.717, 1.165) is 58.8 Å². The maximum atomic E-state index is 12.8. The highest BCUT2D eigenvalue weighted by Crippen LogP contribution is 2.45. The zero-order chi connectivity index (χ0) is 18.7. The lowest BCUT2D eigenvalue weighted by Crippen LogP contribution is -2.61. The highest BCUT2D eigenvalue weighted by atomic mass is 32.1. The third kappa shape index (κ3) is 2.41. The van der Waals surface area contributed by atoms with Crippen molar-refractivity contribution >= 4 is 33.3 Å². The van der Waals surface area contributed by atoms with E-state index < -0.39 is 0 Å². The van der Waals surface area contributed by atoms with Gasteiger partial charge in [-0.15, -0.1) is 11.3 Å². The minimum absolute atomic E-state index is 0.196. The van der Waals surface area contributed by atoms with Crippen LogP contribution in [0.25, 0.3) is 21.3 Å². The van der Waals surface area contributed by atoms with Crippen LogP contribution in [0.4, 0.5) is 9.80 Å². The second kappa shape index (κ2) is 6.03. The van der Waals surface area contributed by atoms with E-state index in [4.69, 9.17) is 4.74 Å². The lowest BCUT2D eigenvalue weighted by atomic mass is 9.75. The molecule has 0 aliphatic carbocycles. The van der Waals surface area contributed by atoms with E-state index in [9.17, 15) is 4.79 Å². The van der Waals surface area contributed by atoms with Crippen LogP contribution in [-0.4, -0.2) is 47.8 Å². The fraction of sp³-hybridized carbons (Fsp3) is 0.364. The second-order valence-electron chi connectivity index (χ2n) is 8.09. The molecule has 0 radical (unpaired) electrons. The van der Waals surface area contributed by atoms with Crippen LogP contribution in [0.2, 0.25) is 0 Å². The molecule has 3 aromatic rings. The number of carbonyl (C=O) groups is 1. The normalized spacial score (nSPS) is 29.0. The molecule has 142 valence electrons. The van der Waals surface area contributed by atoms with Crippen molar-refractivity contribution in [1.29, 1.82) is 0 Å². The van der Waals surface area contributed by atoms with Gasteiger partial charge < -0.3 is 4.74 Å². The van der Waals surface area contributed by atoms with Crippen LogP contribution in [0, 0.1) is 5.92 Å². The van der Waals surface area contributed by atoms with Crippen molar-refractivity contribution in [1.82, 2.24) is 9.88 Å². The van der Waals surface area contributed by atoms with Gasteiger partial charge in [-0.05, 0) is 44.1 Å². The largest absolute Gasteiger partial charge is 0.439 e. The number of para-hydroxylation sites is 1. The number of hydrogen-bond donors (Lipinski definition) is 0. The van der Waals surface area contributed by atoms with Gasteiger partial charge in [0.1, 0.15) is 10.6 Å². The number of nitrogens with zero attached hydrogens (tertiary/aromatic N) is 3. The van der Waals surface area contributed by atoms with Gasteiger partial charge in [0.25, 0.3) is 0 Å². The highest BCUT2D eigenvalue weighted by molar-refractivity contribution is 7.19. The number of anilines is 1. The van der Waals surface area contributed by atoms with Crippen LogP contribution in [0.1, 0.15) is 12.8 Å². The monoisotopic (exact) mass is 391 g/mol. The fourth-order valence-corrected chi connectivity index (χ4v) is 6.12. The SMILES string of the molecule is O=C1OC2(CN3CCC2CC3)CN1c1ccc(-c2cccc3cccnc23)s1. The maximum Gasteiger partial charge on any atom is 0.415 e. The average Bonchev–Trinajstić information content (AvgIpc) is 3.33. The van der Waals surface area contributed by atoms with Crippen LogP contribution >= 0.6 is 11.3 Å². The smallest absolute Gasteiger partial charge is 0.415 e. The van der Waals surface area contributed by atoms with Crippen molar-refractivity contribution in [2.75, 3.05) is 31.1 Å². The first kappa shape index (κ1) is 16.5. The molecule has 7 rings (SSSR count). The Morgan fingerprint density at radius 1 is 1.07 bits per heavy atom. The summed E-state index contributed by atoms with van der Waals surface area (Å²) in [4.78, 5) is 22.7. The predicted octanol–water partition coefficient (Wildman–Crippen LogP) is 4.38. The molecule has 28 heavy (non-hydrogen) atoms. The van der Waals surface area contributed by atoms with Crippen LogP contribution < -0.4 is 4.90 Å². The molecular formula is C22H21N3O2S. The second-order valence-corrected chi connectivity index (χ2v) is 9.15. The molecule has 2 bridgehead atoms. The molecule has 4 saturated heterocycles. The number of piperidine rings is 3. The molecule has 1 aromatic carbocycles. The van der Waals surface area contributed by atoms with Gasteiger partial charge in [0.05, 0.1) is 12.1 Å². The number of fused-ring (bicyclic) bond motifs is 3.